The number of nitrogen functional groups attached to an aromatic ring is 1. The molecule has 0 spiro atoms. The fourth-order valence-electron chi connectivity index (χ4n) is 1.35. The lowest BCUT2D eigenvalue weighted by atomic mass is 10.0. The molecule has 3 N–H and O–H groups in total. The number of halogens is 1. The van der Waals surface area contributed by atoms with Crippen LogP contribution in [0.25, 0.3) is 0 Å². The Labute approximate surface area is 102 Å². The van der Waals surface area contributed by atoms with Crippen molar-refractivity contribution in [3.05, 3.63) is 29.3 Å². The van der Waals surface area contributed by atoms with Crippen LogP contribution < -0.4 is 5.73 Å². The molecule has 0 unspecified atom stereocenters. The minimum absolute atomic E-state index is 0.0818. The summed E-state index contributed by atoms with van der Waals surface area (Å²) in [5.74, 6) is -1.01. The second kappa shape index (κ2) is 5.65. The van der Waals surface area contributed by atoms with Crippen LogP contribution in [0.5, 0.6) is 0 Å². The number of carbonyl (C=O) groups is 2. The van der Waals surface area contributed by atoms with Crippen molar-refractivity contribution in [1.82, 2.24) is 0 Å². The van der Waals surface area contributed by atoms with Crippen LogP contribution in [0.1, 0.15) is 22.3 Å². The van der Waals surface area contributed by atoms with Crippen LogP contribution in [0.4, 0.5) is 5.69 Å². The molecule has 16 heavy (non-hydrogen) atoms. The quantitative estimate of drug-likeness (QED) is 0.492. The van der Waals surface area contributed by atoms with E-state index in [2.05, 4.69) is 15.9 Å². The highest BCUT2D eigenvalue weighted by Crippen LogP contribution is 2.17. The van der Waals surface area contributed by atoms with E-state index in [4.69, 9.17) is 10.8 Å². The zero-order valence-corrected chi connectivity index (χ0v) is 10.2. The van der Waals surface area contributed by atoms with Gasteiger partial charge in [0.15, 0.2) is 5.78 Å². The molecule has 0 amide bonds. The van der Waals surface area contributed by atoms with Crippen molar-refractivity contribution in [2.24, 2.45) is 0 Å². The summed E-state index contributed by atoms with van der Waals surface area (Å²) in [5, 5.41) is 9.21. The van der Waals surface area contributed by atoms with E-state index in [9.17, 15) is 9.59 Å². The highest BCUT2D eigenvalue weighted by Gasteiger charge is 2.11. The standard InChI is InChI=1S/C11H12BrNO3/c12-4-3-10(14)8-5-7(6-11(15)16)1-2-9(8)13/h1-2,5H,3-4,6,13H2,(H,15,16). The predicted octanol–water partition coefficient (Wildman–Crippen LogP) is 1.86. The number of carbonyl (C=O) groups excluding carboxylic acids is 1. The van der Waals surface area contributed by atoms with Crippen LogP contribution >= 0.6 is 15.9 Å². The number of benzene rings is 1. The molecule has 0 atom stereocenters. The normalized spacial score (nSPS) is 10.1. The maximum Gasteiger partial charge on any atom is 0.307 e. The largest absolute Gasteiger partial charge is 0.481 e. The number of ketones is 1. The average molecular weight is 286 g/mol. The summed E-state index contributed by atoms with van der Waals surface area (Å²) in [5.41, 5.74) is 7.04. The molecule has 0 saturated carbocycles. The third-order valence-electron chi connectivity index (χ3n) is 2.10. The van der Waals surface area contributed by atoms with Crippen LogP contribution in [0, 0.1) is 0 Å². The van der Waals surface area contributed by atoms with Crippen molar-refractivity contribution in [3.63, 3.8) is 0 Å². The van der Waals surface area contributed by atoms with Crippen LogP contribution in [0.2, 0.25) is 0 Å². The summed E-state index contributed by atoms with van der Waals surface area (Å²) in [6.07, 6.45) is 0.246. The van der Waals surface area contributed by atoms with E-state index in [1.807, 2.05) is 0 Å². The van der Waals surface area contributed by atoms with Gasteiger partial charge in [0.1, 0.15) is 0 Å². The highest BCUT2D eigenvalue weighted by atomic mass is 79.9. The highest BCUT2D eigenvalue weighted by molar-refractivity contribution is 9.09. The number of rotatable bonds is 5. The first-order chi connectivity index (χ1) is 7.54. The van der Waals surface area contributed by atoms with Gasteiger partial charge in [0.25, 0.3) is 0 Å². The molecule has 1 aromatic carbocycles. The average Bonchev–Trinajstić information content (AvgIpc) is 2.20. The number of hydrogen-bond acceptors (Lipinski definition) is 3. The van der Waals surface area contributed by atoms with Gasteiger partial charge in [-0.15, -0.1) is 0 Å². The SMILES string of the molecule is Nc1ccc(CC(=O)O)cc1C(=O)CCBr. The van der Waals surface area contributed by atoms with Gasteiger partial charge in [-0.25, -0.2) is 0 Å². The zero-order valence-electron chi connectivity index (χ0n) is 8.57. The number of hydrogen-bond donors (Lipinski definition) is 2. The van der Waals surface area contributed by atoms with Gasteiger partial charge in [-0.2, -0.15) is 0 Å². The second-order valence-electron chi connectivity index (χ2n) is 3.35. The molecule has 4 nitrogen and oxygen atoms in total. The van der Waals surface area contributed by atoms with Gasteiger partial charge in [-0.3, -0.25) is 9.59 Å². The number of carboxylic acids is 1. The Bertz CT molecular complexity index is 418. The lowest BCUT2D eigenvalue weighted by Crippen LogP contribution is -2.07. The predicted molar refractivity (Wildman–Crippen MR) is 64.9 cm³/mol. The number of aliphatic carboxylic acids is 1. The van der Waals surface area contributed by atoms with Crippen molar-refractivity contribution < 1.29 is 14.7 Å². The number of carboxylic acid groups (broad SMARTS) is 1. The molecule has 0 heterocycles. The van der Waals surface area contributed by atoms with Gasteiger partial charge in [0, 0.05) is 23.0 Å². The van der Waals surface area contributed by atoms with E-state index in [1.54, 1.807) is 18.2 Å². The summed E-state index contributed by atoms with van der Waals surface area (Å²) >= 11 is 3.17. The van der Waals surface area contributed by atoms with E-state index in [0.717, 1.165) is 0 Å². The van der Waals surface area contributed by atoms with Crippen LogP contribution in [-0.4, -0.2) is 22.2 Å². The van der Waals surface area contributed by atoms with Crippen molar-refractivity contribution in [2.45, 2.75) is 12.8 Å². The zero-order chi connectivity index (χ0) is 12.1. The summed E-state index contributed by atoms with van der Waals surface area (Å²) in [4.78, 5) is 22.2. The monoisotopic (exact) mass is 285 g/mol. The van der Waals surface area contributed by atoms with Crippen LogP contribution in [-0.2, 0) is 11.2 Å². The van der Waals surface area contributed by atoms with E-state index in [-0.39, 0.29) is 12.2 Å². The lowest BCUT2D eigenvalue weighted by Gasteiger charge is -2.06. The molecule has 5 heteroatoms. The molecule has 1 aromatic rings. The van der Waals surface area contributed by atoms with E-state index in [1.165, 1.54) is 0 Å². The van der Waals surface area contributed by atoms with Gasteiger partial charge in [0.05, 0.1) is 6.42 Å². The molecule has 0 aliphatic heterocycles. The van der Waals surface area contributed by atoms with E-state index in [0.29, 0.717) is 28.6 Å². The molecule has 0 radical (unpaired) electrons. The number of nitrogens with two attached hydrogens (primary N) is 1. The molecule has 0 aliphatic rings. The minimum atomic E-state index is -0.927. The number of Topliss-reactive ketones (excluding diaryl/α,β-unsaturated/α-hetero) is 1. The minimum Gasteiger partial charge on any atom is -0.481 e. The molecular weight excluding hydrogens is 274 g/mol. The Morgan fingerprint density at radius 1 is 1.38 bits per heavy atom. The molecule has 0 aliphatic carbocycles. The number of alkyl halides is 1. The maximum atomic E-state index is 11.6. The van der Waals surface area contributed by atoms with Gasteiger partial charge >= 0.3 is 5.97 Å². The fourth-order valence-corrected chi connectivity index (χ4v) is 1.71. The molecular formula is C11H12BrNO3. The first-order valence-corrected chi connectivity index (χ1v) is 5.86. The third-order valence-corrected chi connectivity index (χ3v) is 2.49. The van der Waals surface area contributed by atoms with Crippen molar-refractivity contribution >= 4 is 33.4 Å². The second-order valence-corrected chi connectivity index (χ2v) is 4.15. The Hall–Kier alpha value is -1.36. The van der Waals surface area contributed by atoms with Crippen molar-refractivity contribution in [1.29, 1.82) is 0 Å². The third kappa shape index (κ3) is 3.34. The van der Waals surface area contributed by atoms with Gasteiger partial charge in [-0.1, -0.05) is 22.0 Å². The molecule has 0 fully saturated rings. The van der Waals surface area contributed by atoms with Crippen LogP contribution in [0.15, 0.2) is 18.2 Å². The van der Waals surface area contributed by atoms with Gasteiger partial charge < -0.3 is 10.8 Å². The molecule has 1 rings (SSSR count). The van der Waals surface area contributed by atoms with E-state index >= 15 is 0 Å². The van der Waals surface area contributed by atoms with Crippen molar-refractivity contribution in [3.8, 4) is 0 Å². The van der Waals surface area contributed by atoms with Crippen LogP contribution in [0.3, 0.4) is 0 Å². The first-order valence-electron chi connectivity index (χ1n) is 4.74. The van der Waals surface area contributed by atoms with Crippen molar-refractivity contribution in [2.75, 3.05) is 11.1 Å². The summed E-state index contributed by atoms with van der Waals surface area (Å²) < 4.78 is 0. The topological polar surface area (TPSA) is 80.4 Å². The smallest absolute Gasteiger partial charge is 0.307 e. The lowest BCUT2D eigenvalue weighted by molar-refractivity contribution is -0.136. The summed E-state index contributed by atoms with van der Waals surface area (Å²) in [6, 6.07) is 4.74. The molecule has 86 valence electrons. The molecule has 0 aromatic heterocycles. The van der Waals surface area contributed by atoms with Gasteiger partial charge in [0.2, 0.25) is 0 Å². The summed E-state index contributed by atoms with van der Waals surface area (Å²) in [7, 11) is 0. The maximum absolute atomic E-state index is 11.6. The first kappa shape index (κ1) is 12.7. The van der Waals surface area contributed by atoms with Gasteiger partial charge in [-0.05, 0) is 17.7 Å². The number of anilines is 1. The fraction of sp³-hybridized carbons (Fsp3) is 0.273. The molecule has 0 bridgehead atoms. The Kier molecular flexibility index (Phi) is 4.49. The Morgan fingerprint density at radius 3 is 2.62 bits per heavy atom. The Balaban J connectivity index is 2.98. The van der Waals surface area contributed by atoms with E-state index < -0.39 is 5.97 Å². The molecule has 0 saturated heterocycles. The Morgan fingerprint density at radius 2 is 2.06 bits per heavy atom. The summed E-state index contributed by atoms with van der Waals surface area (Å²) in [6.45, 7) is 0.